The molecule has 0 saturated carbocycles. The molecule has 0 radical (unpaired) electrons. The molecule has 0 bridgehead atoms. The molecule has 2 heterocycles. The summed E-state index contributed by atoms with van der Waals surface area (Å²) in [4.78, 5) is 28.6. The molecule has 5 nitrogen and oxygen atoms in total. The van der Waals surface area contributed by atoms with Gasteiger partial charge in [-0.1, -0.05) is 12.1 Å². The van der Waals surface area contributed by atoms with Crippen molar-refractivity contribution in [2.45, 2.75) is 38.7 Å². The van der Waals surface area contributed by atoms with E-state index in [1.165, 1.54) is 0 Å². The van der Waals surface area contributed by atoms with E-state index in [0.717, 1.165) is 13.1 Å². The highest BCUT2D eigenvalue weighted by atomic mass is 16.5. The van der Waals surface area contributed by atoms with Gasteiger partial charge in [0.2, 0.25) is 0 Å². The maximum atomic E-state index is 12.4. The van der Waals surface area contributed by atoms with Crippen LogP contribution in [0.25, 0.3) is 0 Å². The molecule has 1 saturated heterocycles. The third-order valence-corrected chi connectivity index (χ3v) is 4.98. The van der Waals surface area contributed by atoms with Crippen molar-refractivity contribution in [1.82, 2.24) is 9.80 Å². The summed E-state index contributed by atoms with van der Waals surface area (Å²) in [6.45, 7) is 6.72. The van der Waals surface area contributed by atoms with Crippen molar-refractivity contribution in [3.05, 3.63) is 29.8 Å². The van der Waals surface area contributed by atoms with Crippen LogP contribution in [0.2, 0.25) is 0 Å². The average molecular weight is 316 g/mol. The lowest BCUT2D eigenvalue weighted by atomic mass is 9.82. The van der Waals surface area contributed by atoms with Gasteiger partial charge in [-0.3, -0.25) is 4.79 Å². The number of carbonyl (C=O) groups excluding carboxylic acids is 2. The number of likely N-dealkylation sites (tertiary alicyclic amines) is 1. The van der Waals surface area contributed by atoms with E-state index in [2.05, 4.69) is 0 Å². The van der Waals surface area contributed by atoms with E-state index in [1.807, 2.05) is 47.9 Å². The number of fused-ring (bicyclic) bond motifs is 1. The molecule has 1 aromatic carbocycles. The number of urea groups is 1. The van der Waals surface area contributed by atoms with E-state index in [1.54, 1.807) is 0 Å². The Hall–Kier alpha value is -2.04. The number of hydrogen-bond donors (Lipinski definition) is 0. The highest BCUT2D eigenvalue weighted by Gasteiger charge is 2.43. The lowest BCUT2D eigenvalue weighted by molar-refractivity contribution is -0.00350. The Morgan fingerprint density at radius 2 is 1.87 bits per heavy atom. The fourth-order valence-electron chi connectivity index (χ4n) is 3.52. The maximum Gasteiger partial charge on any atom is 0.319 e. The molecular formula is C18H24N2O3. The smallest absolute Gasteiger partial charge is 0.319 e. The van der Waals surface area contributed by atoms with Gasteiger partial charge in [0.15, 0.2) is 5.78 Å². The normalized spacial score (nSPS) is 19.2. The summed E-state index contributed by atoms with van der Waals surface area (Å²) in [5, 5.41) is 0. The molecule has 5 heteroatoms. The first-order chi connectivity index (χ1) is 11.1. The number of ether oxygens (including phenoxy) is 1. The van der Waals surface area contributed by atoms with Crippen molar-refractivity contribution in [2.24, 2.45) is 0 Å². The summed E-state index contributed by atoms with van der Waals surface area (Å²) < 4.78 is 6.20. The standard InChI is InChI=1S/C18H24N2O3/c1-3-19(4-2)17(22)20-11-9-18(10-12-20)13-15(21)14-7-5-6-8-16(14)23-18/h5-8H,3-4,9-13H2,1-2H3. The van der Waals surface area contributed by atoms with Crippen LogP contribution < -0.4 is 4.74 Å². The summed E-state index contributed by atoms with van der Waals surface area (Å²) in [7, 11) is 0. The van der Waals surface area contributed by atoms with E-state index in [0.29, 0.717) is 43.7 Å². The van der Waals surface area contributed by atoms with Crippen LogP contribution in [0.4, 0.5) is 4.79 Å². The van der Waals surface area contributed by atoms with Gasteiger partial charge in [-0.05, 0) is 26.0 Å². The zero-order chi connectivity index (χ0) is 16.4. The van der Waals surface area contributed by atoms with Crippen LogP contribution in [0.5, 0.6) is 5.75 Å². The van der Waals surface area contributed by atoms with Crippen LogP contribution in [0.15, 0.2) is 24.3 Å². The number of rotatable bonds is 2. The Morgan fingerprint density at radius 1 is 1.22 bits per heavy atom. The Bertz CT molecular complexity index is 602. The number of nitrogens with zero attached hydrogens (tertiary/aromatic N) is 2. The lowest BCUT2D eigenvalue weighted by Gasteiger charge is -2.44. The maximum absolute atomic E-state index is 12.4. The highest BCUT2D eigenvalue weighted by molar-refractivity contribution is 6.00. The minimum absolute atomic E-state index is 0.0902. The molecule has 0 atom stereocenters. The van der Waals surface area contributed by atoms with Gasteiger partial charge in [0, 0.05) is 39.0 Å². The molecule has 1 fully saturated rings. The number of Topliss-reactive ketones (excluding diaryl/α,β-unsaturated/α-hetero) is 1. The Kier molecular flexibility index (Phi) is 4.28. The van der Waals surface area contributed by atoms with Crippen molar-refractivity contribution in [2.75, 3.05) is 26.2 Å². The number of amides is 2. The molecule has 0 N–H and O–H groups in total. The van der Waals surface area contributed by atoms with Crippen molar-refractivity contribution >= 4 is 11.8 Å². The van der Waals surface area contributed by atoms with Crippen molar-refractivity contribution in [3.8, 4) is 5.75 Å². The van der Waals surface area contributed by atoms with E-state index in [-0.39, 0.29) is 11.8 Å². The predicted molar refractivity (Wildman–Crippen MR) is 87.9 cm³/mol. The first-order valence-electron chi connectivity index (χ1n) is 8.43. The summed E-state index contributed by atoms with van der Waals surface area (Å²) in [6, 6.07) is 7.53. The van der Waals surface area contributed by atoms with Gasteiger partial charge in [0.05, 0.1) is 12.0 Å². The number of carbonyl (C=O) groups is 2. The van der Waals surface area contributed by atoms with E-state index in [9.17, 15) is 9.59 Å². The molecule has 2 aliphatic rings. The van der Waals surface area contributed by atoms with Gasteiger partial charge >= 0.3 is 6.03 Å². The Morgan fingerprint density at radius 3 is 2.52 bits per heavy atom. The van der Waals surface area contributed by atoms with Crippen molar-refractivity contribution < 1.29 is 14.3 Å². The topological polar surface area (TPSA) is 49.9 Å². The largest absolute Gasteiger partial charge is 0.486 e. The van der Waals surface area contributed by atoms with Gasteiger partial charge in [0.25, 0.3) is 0 Å². The van der Waals surface area contributed by atoms with E-state index >= 15 is 0 Å². The summed E-state index contributed by atoms with van der Waals surface area (Å²) in [5.41, 5.74) is 0.241. The SMILES string of the molecule is CCN(CC)C(=O)N1CCC2(CC1)CC(=O)c1ccccc1O2. The van der Waals surface area contributed by atoms with Crippen LogP contribution in [-0.2, 0) is 0 Å². The fourth-order valence-corrected chi connectivity index (χ4v) is 3.52. The van der Waals surface area contributed by atoms with Gasteiger partial charge in [-0.15, -0.1) is 0 Å². The quantitative estimate of drug-likeness (QED) is 0.843. The number of piperidine rings is 1. The Balaban J connectivity index is 1.70. The zero-order valence-electron chi connectivity index (χ0n) is 13.9. The fraction of sp³-hybridized carbons (Fsp3) is 0.556. The first-order valence-corrected chi connectivity index (χ1v) is 8.43. The minimum atomic E-state index is -0.439. The number of hydrogen-bond acceptors (Lipinski definition) is 3. The van der Waals surface area contributed by atoms with Crippen LogP contribution in [0, 0.1) is 0 Å². The highest BCUT2D eigenvalue weighted by Crippen LogP contribution is 2.39. The monoisotopic (exact) mass is 316 g/mol. The molecule has 1 aromatic rings. The molecular weight excluding hydrogens is 292 g/mol. The number of para-hydroxylation sites is 1. The van der Waals surface area contributed by atoms with E-state index < -0.39 is 5.60 Å². The summed E-state index contributed by atoms with van der Waals surface area (Å²) in [6.07, 6.45) is 1.83. The molecule has 3 rings (SSSR count). The van der Waals surface area contributed by atoms with E-state index in [4.69, 9.17) is 4.74 Å². The second kappa shape index (κ2) is 6.22. The van der Waals surface area contributed by atoms with Gasteiger partial charge in [-0.2, -0.15) is 0 Å². The molecule has 0 aliphatic carbocycles. The van der Waals surface area contributed by atoms with Crippen LogP contribution in [0.1, 0.15) is 43.5 Å². The summed E-state index contributed by atoms with van der Waals surface area (Å²) in [5.74, 6) is 0.836. The average Bonchev–Trinajstić information content (AvgIpc) is 2.56. The summed E-state index contributed by atoms with van der Waals surface area (Å²) >= 11 is 0. The lowest BCUT2D eigenvalue weighted by Crippen LogP contribution is -2.54. The van der Waals surface area contributed by atoms with Crippen LogP contribution in [-0.4, -0.2) is 53.4 Å². The minimum Gasteiger partial charge on any atom is -0.486 e. The van der Waals surface area contributed by atoms with Crippen molar-refractivity contribution in [1.29, 1.82) is 0 Å². The second-order valence-electron chi connectivity index (χ2n) is 6.32. The third-order valence-electron chi connectivity index (χ3n) is 4.98. The van der Waals surface area contributed by atoms with Gasteiger partial charge in [0.1, 0.15) is 11.4 Å². The predicted octanol–water partition coefficient (Wildman–Crippen LogP) is 2.95. The first kappa shape index (κ1) is 15.8. The molecule has 1 spiro atoms. The Labute approximate surface area is 137 Å². The molecule has 2 aliphatic heterocycles. The third kappa shape index (κ3) is 2.92. The van der Waals surface area contributed by atoms with Crippen LogP contribution in [0.3, 0.4) is 0 Å². The molecule has 2 amide bonds. The van der Waals surface area contributed by atoms with Crippen molar-refractivity contribution in [3.63, 3.8) is 0 Å². The van der Waals surface area contributed by atoms with Crippen LogP contribution >= 0.6 is 0 Å². The number of benzene rings is 1. The van der Waals surface area contributed by atoms with Gasteiger partial charge in [-0.25, -0.2) is 4.79 Å². The molecule has 0 unspecified atom stereocenters. The van der Waals surface area contributed by atoms with Gasteiger partial charge < -0.3 is 14.5 Å². The molecule has 23 heavy (non-hydrogen) atoms. The molecule has 124 valence electrons. The second-order valence-corrected chi connectivity index (χ2v) is 6.32. The zero-order valence-corrected chi connectivity index (χ0v) is 13.9. The number of ketones is 1. The molecule has 0 aromatic heterocycles.